The molecule has 3 aromatic rings. The van der Waals surface area contributed by atoms with E-state index in [0.29, 0.717) is 23.1 Å². The van der Waals surface area contributed by atoms with E-state index >= 15 is 0 Å². The summed E-state index contributed by atoms with van der Waals surface area (Å²) in [6.07, 6.45) is 9.55. The average molecular weight is 541 g/mol. The molecule has 0 bridgehead atoms. The van der Waals surface area contributed by atoms with Gasteiger partial charge in [0, 0.05) is 21.6 Å². The van der Waals surface area contributed by atoms with Crippen LogP contribution in [-0.2, 0) is 10.8 Å². The minimum atomic E-state index is -0.834. The lowest BCUT2D eigenvalue weighted by Gasteiger charge is -2.30. The van der Waals surface area contributed by atoms with E-state index in [4.69, 9.17) is 0 Å². The summed E-state index contributed by atoms with van der Waals surface area (Å²) in [5.74, 6) is -0.423. The molecular weight excluding hydrogens is 503 g/mol. The molecule has 0 radical (unpaired) electrons. The highest BCUT2D eigenvalue weighted by Gasteiger charge is 2.31. The molecule has 0 aromatic heterocycles. The molecule has 1 aliphatic carbocycles. The highest BCUT2D eigenvalue weighted by Crippen LogP contribution is 2.41. The minimum Gasteiger partial charge on any atom is -0.384 e. The van der Waals surface area contributed by atoms with Crippen LogP contribution in [0.15, 0.2) is 106 Å². The van der Waals surface area contributed by atoms with Gasteiger partial charge < -0.3 is 5.11 Å². The van der Waals surface area contributed by atoms with Crippen molar-refractivity contribution < 1.29 is 9.50 Å². The number of thioether (sulfide) groups is 1. The zero-order valence-corrected chi connectivity index (χ0v) is 24.4. The highest BCUT2D eigenvalue weighted by molar-refractivity contribution is 7.98. The van der Waals surface area contributed by atoms with E-state index in [1.165, 1.54) is 11.6 Å². The van der Waals surface area contributed by atoms with Crippen molar-refractivity contribution >= 4 is 17.3 Å². The van der Waals surface area contributed by atoms with Gasteiger partial charge in [0.05, 0.1) is 0 Å². The first-order chi connectivity index (χ1) is 18.5. The van der Waals surface area contributed by atoms with Crippen LogP contribution in [0.25, 0.3) is 16.7 Å². The standard InChI is InChI=1S/C35H37FO2S/c1-34(2,3)29-20-13-18-27(33(29)39-6)26-17-8-7-14-23(31(26)37)22-35(4,5)28-19-11-9-16-25(32(28)38)24-15-10-12-21-30(24)36/h7-21,31,37H,22H2,1-6H3. The summed E-state index contributed by atoms with van der Waals surface area (Å²) in [5, 5.41) is 11.8. The highest BCUT2D eigenvalue weighted by atomic mass is 32.2. The molecule has 0 saturated carbocycles. The predicted octanol–water partition coefficient (Wildman–Crippen LogP) is 8.48. The molecule has 0 heterocycles. The van der Waals surface area contributed by atoms with E-state index < -0.39 is 17.3 Å². The fourth-order valence-electron chi connectivity index (χ4n) is 5.32. The van der Waals surface area contributed by atoms with Gasteiger partial charge in [-0.2, -0.15) is 0 Å². The molecule has 2 nitrogen and oxygen atoms in total. The molecule has 3 aromatic carbocycles. The number of allylic oxidation sites excluding steroid dienone is 4. The molecule has 0 aliphatic heterocycles. The normalized spacial score (nSPS) is 15.9. The van der Waals surface area contributed by atoms with Gasteiger partial charge in [-0.15, -0.1) is 11.8 Å². The minimum absolute atomic E-state index is 0.0373. The maximum Gasteiger partial charge on any atom is 0.190 e. The predicted molar refractivity (Wildman–Crippen MR) is 164 cm³/mol. The number of aliphatic hydroxyl groups excluding tert-OH is 1. The number of halogens is 1. The Bertz CT molecular complexity index is 1520. The molecule has 202 valence electrons. The number of hydrogen-bond donors (Lipinski definition) is 1. The molecule has 0 fully saturated rings. The molecule has 0 saturated heterocycles. The van der Waals surface area contributed by atoms with Gasteiger partial charge in [-0.1, -0.05) is 120 Å². The van der Waals surface area contributed by atoms with Gasteiger partial charge in [0.1, 0.15) is 11.9 Å². The largest absolute Gasteiger partial charge is 0.384 e. The van der Waals surface area contributed by atoms with Crippen LogP contribution in [-0.4, -0.2) is 17.5 Å². The Morgan fingerprint density at radius 2 is 1.38 bits per heavy atom. The van der Waals surface area contributed by atoms with Crippen LogP contribution in [0.2, 0.25) is 0 Å². The summed E-state index contributed by atoms with van der Waals surface area (Å²) in [6.45, 7) is 10.6. The van der Waals surface area contributed by atoms with Crippen molar-refractivity contribution in [3.05, 3.63) is 129 Å². The van der Waals surface area contributed by atoms with Gasteiger partial charge in [-0.25, -0.2) is 4.39 Å². The van der Waals surface area contributed by atoms with Crippen molar-refractivity contribution in [2.45, 2.75) is 62.9 Å². The van der Waals surface area contributed by atoms with Crippen LogP contribution in [0, 0.1) is 5.82 Å². The van der Waals surface area contributed by atoms with Crippen LogP contribution >= 0.6 is 11.8 Å². The monoisotopic (exact) mass is 540 g/mol. The molecule has 4 rings (SSSR count). The SMILES string of the molecule is CSc1c(C2=CC=CC=C(CC(C)(C)c3ccccc(-c4ccccc4F)c3=O)C2O)cccc1C(C)(C)C. The van der Waals surface area contributed by atoms with Crippen molar-refractivity contribution in [1.29, 1.82) is 0 Å². The molecule has 1 N–H and O–H groups in total. The van der Waals surface area contributed by atoms with Crippen molar-refractivity contribution in [2.75, 3.05) is 6.26 Å². The van der Waals surface area contributed by atoms with Gasteiger partial charge in [-0.05, 0) is 51.8 Å². The Morgan fingerprint density at radius 1 is 0.795 bits per heavy atom. The van der Waals surface area contributed by atoms with Gasteiger partial charge in [-0.3, -0.25) is 4.79 Å². The molecule has 1 unspecified atom stereocenters. The van der Waals surface area contributed by atoms with E-state index in [-0.39, 0.29) is 10.8 Å². The van der Waals surface area contributed by atoms with E-state index in [1.807, 2.05) is 50.3 Å². The second-order valence-electron chi connectivity index (χ2n) is 11.7. The quantitative estimate of drug-likeness (QED) is 0.319. The Hall–Kier alpha value is -3.21. The Labute approximate surface area is 236 Å². The van der Waals surface area contributed by atoms with Crippen LogP contribution in [0.4, 0.5) is 4.39 Å². The third-order valence-electron chi connectivity index (χ3n) is 7.35. The van der Waals surface area contributed by atoms with Crippen LogP contribution in [0.3, 0.4) is 0 Å². The van der Waals surface area contributed by atoms with Gasteiger partial charge in [0.15, 0.2) is 5.43 Å². The van der Waals surface area contributed by atoms with Gasteiger partial charge >= 0.3 is 0 Å². The zero-order valence-electron chi connectivity index (χ0n) is 23.6. The van der Waals surface area contributed by atoms with E-state index in [9.17, 15) is 14.3 Å². The Balaban J connectivity index is 1.74. The zero-order chi connectivity index (χ0) is 28.4. The first-order valence-electron chi connectivity index (χ1n) is 13.3. The van der Waals surface area contributed by atoms with Gasteiger partial charge in [0.25, 0.3) is 0 Å². The van der Waals surface area contributed by atoms with E-state index in [1.54, 1.807) is 42.1 Å². The second-order valence-corrected chi connectivity index (χ2v) is 12.5. The summed E-state index contributed by atoms with van der Waals surface area (Å²) in [7, 11) is 0. The van der Waals surface area contributed by atoms with Crippen molar-refractivity contribution in [3.63, 3.8) is 0 Å². The van der Waals surface area contributed by atoms with E-state index in [2.05, 4.69) is 45.2 Å². The molecule has 1 aliphatic rings. The number of benzene rings is 2. The topological polar surface area (TPSA) is 37.3 Å². The lowest BCUT2D eigenvalue weighted by Crippen LogP contribution is -2.28. The lowest BCUT2D eigenvalue weighted by atomic mass is 9.76. The Morgan fingerprint density at radius 3 is 2.05 bits per heavy atom. The molecular formula is C35H37FO2S. The first kappa shape index (κ1) is 28.8. The van der Waals surface area contributed by atoms with Crippen LogP contribution < -0.4 is 5.43 Å². The molecule has 0 spiro atoms. The molecule has 4 heteroatoms. The van der Waals surface area contributed by atoms with Crippen molar-refractivity contribution in [3.8, 4) is 11.1 Å². The number of rotatable bonds is 6. The number of hydrogen-bond acceptors (Lipinski definition) is 3. The lowest BCUT2D eigenvalue weighted by molar-refractivity contribution is 0.256. The maximum absolute atomic E-state index is 14.6. The third kappa shape index (κ3) is 6.03. The summed E-state index contributed by atoms with van der Waals surface area (Å²) in [4.78, 5) is 14.9. The smallest absolute Gasteiger partial charge is 0.190 e. The van der Waals surface area contributed by atoms with Crippen LogP contribution in [0.5, 0.6) is 0 Å². The van der Waals surface area contributed by atoms with Gasteiger partial charge in [0.2, 0.25) is 0 Å². The summed E-state index contributed by atoms with van der Waals surface area (Å²) in [6, 6.07) is 19.8. The Kier molecular flexibility index (Phi) is 8.48. The molecule has 0 amide bonds. The summed E-state index contributed by atoms with van der Waals surface area (Å²) >= 11 is 1.70. The van der Waals surface area contributed by atoms with Crippen LogP contribution in [0.1, 0.15) is 57.7 Å². The first-order valence-corrected chi connectivity index (χ1v) is 14.5. The van der Waals surface area contributed by atoms with Crippen molar-refractivity contribution in [1.82, 2.24) is 0 Å². The number of aliphatic hydroxyl groups is 1. The molecule has 1 atom stereocenters. The maximum atomic E-state index is 14.6. The fourth-order valence-corrected chi connectivity index (χ4v) is 6.32. The third-order valence-corrected chi connectivity index (χ3v) is 8.19. The average Bonchev–Trinajstić information content (AvgIpc) is 3.19. The van der Waals surface area contributed by atoms with Crippen molar-refractivity contribution in [2.24, 2.45) is 0 Å². The van der Waals surface area contributed by atoms with E-state index in [0.717, 1.165) is 21.6 Å². The summed E-state index contributed by atoms with van der Waals surface area (Å²) < 4.78 is 14.6. The second kappa shape index (κ2) is 11.5. The fraction of sp³-hybridized carbons (Fsp3) is 0.286. The molecule has 39 heavy (non-hydrogen) atoms. The summed E-state index contributed by atoms with van der Waals surface area (Å²) in [5.41, 5.74) is 4.28.